The van der Waals surface area contributed by atoms with Gasteiger partial charge in [-0.2, -0.15) is 0 Å². The quantitative estimate of drug-likeness (QED) is 0.662. The molecule has 0 spiro atoms. The second-order valence-corrected chi connectivity index (χ2v) is 8.18. The number of para-hydroxylation sites is 1. The Kier molecular flexibility index (Phi) is 5.11. The van der Waals surface area contributed by atoms with Crippen molar-refractivity contribution < 1.29 is 4.39 Å². The second-order valence-electron chi connectivity index (χ2n) is 8.18. The summed E-state index contributed by atoms with van der Waals surface area (Å²) in [4.78, 5) is 27.0. The summed E-state index contributed by atoms with van der Waals surface area (Å²) in [7, 11) is 0. The van der Waals surface area contributed by atoms with Crippen LogP contribution in [0, 0.1) is 5.82 Å². The normalized spacial score (nSPS) is 18.2. The van der Waals surface area contributed by atoms with Gasteiger partial charge in [0.05, 0.1) is 5.39 Å². The summed E-state index contributed by atoms with van der Waals surface area (Å²) in [6.07, 6.45) is 7.19. The third-order valence-corrected chi connectivity index (χ3v) is 6.34. The van der Waals surface area contributed by atoms with Crippen LogP contribution in [0.25, 0.3) is 10.9 Å². The van der Waals surface area contributed by atoms with E-state index in [9.17, 15) is 9.18 Å². The Hall–Kier alpha value is -2.96. The third-order valence-electron chi connectivity index (χ3n) is 6.34. The summed E-state index contributed by atoms with van der Waals surface area (Å²) in [5.74, 6) is 1.14. The van der Waals surface area contributed by atoms with Crippen LogP contribution in [-0.2, 0) is 0 Å². The number of hydrogen-bond donors (Lipinski definition) is 0. The fraction of sp³-hybridized carbons (Fsp3) is 0.435. The molecule has 0 bridgehead atoms. The van der Waals surface area contributed by atoms with Crippen LogP contribution in [-0.4, -0.2) is 40.7 Å². The van der Waals surface area contributed by atoms with Gasteiger partial charge in [0.25, 0.3) is 5.56 Å². The lowest BCUT2D eigenvalue weighted by molar-refractivity contribution is 0.344. The number of hydrogen-bond acceptors (Lipinski definition) is 5. The highest BCUT2D eigenvalue weighted by Gasteiger charge is 2.27. The van der Waals surface area contributed by atoms with Crippen LogP contribution in [0.5, 0.6) is 0 Å². The number of piperazine rings is 1. The van der Waals surface area contributed by atoms with Gasteiger partial charge in [0.15, 0.2) is 0 Å². The predicted molar refractivity (Wildman–Crippen MR) is 117 cm³/mol. The van der Waals surface area contributed by atoms with Gasteiger partial charge in [0.1, 0.15) is 17.2 Å². The van der Waals surface area contributed by atoms with Gasteiger partial charge in [0.2, 0.25) is 5.95 Å². The maximum atomic E-state index is 14.5. The molecule has 2 aromatic heterocycles. The molecule has 3 heterocycles. The van der Waals surface area contributed by atoms with E-state index in [2.05, 4.69) is 14.8 Å². The molecule has 0 amide bonds. The zero-order valence-electron chi connectivity index (χ0n) is 17.0. The first-order valence-corrected chi connectivity index (χ1v) is 10.8. The standard InChI is InChI=1S/C23H26FN5O/c24-19-10-6-9-18-21(19)26-23(29(22(18)30)17-7-2-1-3-8-17)28-15-13-27(14-16-28)20-11-4-5-12-25-20/h4-6,9-12,17H,1-3,7-8,13-16H2. The predicted octanol–water partition coefficient (Wildman–Crippen LogP) is 3.76. The molecule has 0 N–H and O–H groups in total. The number of fused-ring (bicyclic) bond motifs is 1. The molecule has 0 radical (unpaired) electrons. The minimum Gasteiger partial charge on any atom is -0.353 e. The maximum Gasteiger partial charge on any atom is 0.263 e. The smallest absolute Gasteiger partial charge is 0.263 e. The van der Waals surface area contributed by atoms with Crippen molar-refractivity contribution in [2.24, 2.45) is 0 Å². The van der Waals surface area contributed by atoms with E-state index in [1.165, 1.54) is 12.5 Å². The molecular formula is C23H26FN5O. The molecule has 0 atom stereocenters. The van der Waals surface area contributed by atoms with E-state index in [0.717, 1.165) is 57.7 Å². The molecule has 2 aliphatic rings. The number of benzene rings is 1. The molecule has 2 fully saturated rings. The lowest BCUT2D eigenvalue weighted by atomic mass is 9.95. The summed E-state index contributed by atoms with van der Waals surface area (Å²) < 4.78 is 16.4. The first kappa shape index (κ1) is 19.0. The summed E-state index contributed by atoms with van der Waals surface area (Å²) in [5.41, 5.74) is 0.0604. The van der Waals surface area contributed by atoms with Gasteiger partial charge in [-0.25, -0.2) is 14.4 Å². The average Bonchev–Trinajstić information content (AvgIpc) is 2.81. The van der Waals surface area contributed by atoms with Crippen LogP contribution < -0.4 is 15.4 Å². The molecule has 156 valence electrons. The molecule has 1 aromatic carbocycles. The summed E-state index contributed by atoms with van der Waals surface area (Å²) >= 11 is 0. The number of rotatable bonds is 3. The lowest BCUT2D eigenvalue weighted by Crippen LogP contribution is -2.49. The Morgan fingerprint density at radius 2 is 1.67 bits per heavy atom. The number of halogens is 1. The molecule has 1 aliphatic heterocycles. The minimum atomic E-state index is -0.436. The highest BCUT2D eigenvalue weighted by Crippen LogP contribution is 2.31. The molecule has 3 aromatic rings. The average molecular weight is 407 g/mol. The van der Waals surface area contributed by atoms with Gasteiger partial charge < -0.3 is 9.80 Å². The van der Waals surface area contributed by atoms with Crippen molar-refractivity contribution in [3.63, 3.8) is 0 Å². The van der Waals surface area contributed by atoms with E-state index >= 15 is 0 Å². The van der Waals surface area contributed by atoms with Crippen molar-refractivity contribution in [3.05, 3.63) is 58.8 Å². The summed E-state index contributed by atoms with van der Waals surface area (Å²) in [5, 5.41) is 0.372. The van der Waals surface area contributed by atoms with Crippen molar-refractivity contribution >= 4 is 22.7 Å². The van der Waals surface area contributed by atoms with Crippen molar-refractivity contribution in [1.29, 1.82) is 0 Å². The molecule has 1 saturated carbocycles. The summed E-state index contributed by atoms with van der Waals surface area (Å²) in [6, 6.07) is 10.7. The van der Waals surface area contributed by atoms with Crippen LogP contribution in [0.4, 0.5) is 16.2 Å². The highest BCUT2D eigenvalue weighted by molar-refractivity contribution is 5.79. The van der Waals surface area contributed by atoms with E-state index in [1.54, 1.807) is 18.3 Å². The van der Waals surface area contributed by atoms with Gasteiger partial charge in [-0.1, -0.05) is 31.4 Å². The largest absolute Gasteiger partial charge is 0.353 e. The Balaban J connectivity index is 1.53. The van der Waals surface area contributed by atoms with Gasteiger partial charge >= 0.3 is 0 Å². The van der Waals surface area contributed by atoms with Gasteiger partial charge in [0, 0.05) is 38.4 Å². The van der Waals surface area contributed by atoms with E-state index < -0.39 is 5.82 Å². The first-order valence-electron chi connectivity index (χ1n) is 10.8. The van der Waals surface area contributed by atoms with Gasteiger partial charge in [-0.05, 0) is 37.1 Å². The maximum absolute atomic E-state index is 14.5. The zero-order chi connectivity index (χ0) is 20.5. The Morgan fingerprint density at radius 1 is 0.900 bits per heavy atom. The van der Waals surface area contributed by atoms with Crippen molar-refractivity contribution in [3.8, 4) is 0 Å². The zero-order valence-corrected chi connectivity index (χ0v) is 17.0. The van der Waals surface area contributed by atoms with E-state index in [-0.39, 0.29) is 17.1 Å². The van der Waals surface area contributed by atoms with E-state index in [4.69, 9.17) is 4.98 Å². The number of nitrogens with zero attached hydrogens (tertiary/aromatic N) is 5. The van der Waals surface area contributed by atoms with E-state index in [0.29, 0.717) is 11.3 Å². The van der Waals surface area contributed by atoms with Gasteiger partial charge in [-0.3, -0.25) is 9.36 Å². The van der Waals surface area contributed by atoms with Crippen LogP contribution in [0.2, 0.25) is 0 Å². The molecule has 7 heteroatoms. The van der Waals surface area contributed by atoms with Crippen LogP contribution >= 0.6 is 0 Å². The first-order chi connectivity index (χ1) is 14.7. The Bertz CT molecular complexity index is 1090. The number of anilines is 2. The van der Waals surface area contributed by atoms with Crippen molar-refractivity contribution in [1.82, 2.24) is 14.5 Å². The second kappa shape index (κ2) is 8.05. The van der Waals surface area contributed by atoms with Gasteiger partial charge in [-0.15, -0.1) is 0 Å². The molecule has 5 rings (SSSR count). The lowest BCUT2D eigenvalue weighted by Gasteiger charge is -2.38. The Labute approximate surface area is 175 Å². The Morgan fingerprint density at radius 3 is 2.40 bits per heavy atom. The van der Waals surface area contributed by atoms with Crippen LogP contribution in [0.15, 0.2) is 47.4 Å². The fourth-order valence-electron chi connectivity index (χ4n) is 4.74. The van der Waals surface area contributed by atoms with Crippen molar-refractivity contribution in [2.75, 3.05) is 36.0 Å². The number of pyridine rings is 1. The highest BCUT2D eigenvalue weighted by atomic mass is 19.1. The molecule has 1 aliphatic carbocycles. The fourth-order valence-corrected chi connectivity index (χ4v) is 4.74. The van der Waals surface area contributed by atoms with E-state index in [1.807, 2.05) is 22.8 Å². The van der Waals surface area contributed by atoms with Crippen LogP contribution in [0.1, 0.15) is 38.1 Å². The minimum absolute atomic E-state index is 0.117. The topological polar surface area (TPSA) is 54.3 Å². The monoisotopic (exact) mass is 407 g/mol. The third kappa shape index (κ3) is 3.42. The summed E-state index contributed by atoms with van der Waals surface area (Å²) in [6.45, 7) is 3.01. The molecule has 0 unspecified atom stereocenters. The number of aromatic nitrogens is 3. The van der Waals surface area contributed by atoms with Crippen molar-refractivity contribution in [2.45, 2.75) is 38.1 Å². The SMILES string of the molecule is O=c1c2cccc(F)c2nc(N2CCN(c3ccccn3)CC2)n1C1CCCCC1. The molecule has 30 heavy (non-hydrogen) atoms. The molecular weight excluding hydrogens is 381 g/mol. The van der Waals surface area contributed by atoms with Crippen LogP contribution in [0.3, 0.4) is 0 Å². The molecule has 1 saturated heterocycles. The molecule has 6 nitrogen and oxygen atoms in total.